The third-order valence-corrected chi connectivity index (χ3v) is 4.60. The Labute approximate surface area is 116 Å². The van der Waals surface area contributed by atoms with E-state index in [4.69, 9.17) is 0 Å². The molecule has 0 saturated heterocycles. The maximum atomic E-state index is 10.0. The first-order valence-corrected chi connectivity index (χ1v) is 7.33. The van der Waals surface area contributed by atoms with Crippen molar-refractivity contribution in [3.8, 4) is 0 Å². The molecule has 0 unspecified atom stereocenters. The van der Waals surface area contributed by atoms with Gasteiger partial charge in [-0.3, -0.25) is 0 Å². The van der Waals surface area contributed by atoms with E-state index in [1.807, 2.05) is 6.92 Å². The zero-order chi connectivity index (χ0) is 12.8. The number of benzene rings is 1. The van der Waals surface area contributed by atoms with Crippen molar-refractivity contribution >= 4 is 26.8 Å². The van der Waals surface area contributed by atoms with Crippen LogP contribution in [0.5, 0.6) is 0 Å². The highest BCUT2D eigenvalue weighted by Crippen LogP contribution is 2.36. The molecule has 1 N–H and O–H groups in total. The Hall–Kier alpha value is -0.800. The molecule has 1 fully saturated rings. The summed E-state index contributed by atoms with van der Waals surface area (Å²) in [4.78, 5) is 0. The third-order valence-electron chi connectivity index (χ3n) is 4.11. The van der Waals surface area contributed by atoms with Gasteiger partial charge in [0.15, 0.2) is 0 Å². The molecule has 1 heterocycles. The first-order valence-electron chi connectivity index (χ1n) is 6.54. The van der Waals surface area contributed by atoms with Gasteiger partial charge in [-0.05, 0) is 56.9 Å². The van der Waals surface area contributed by atoms with Crippen molar-refractivity contribution in [1.82, 2.24) is 4.57 Å². The van der Waals surface area contributed by atoms with Crippen LogP contribution >= 0.6 is 15.9 Å². The van der Waals surface area contributed by atoms with Crippen LogP contribution in [0, 0.1) is 0 Å². The maximum absolute atomic E-state index is 10.0. The van der Waals surface area contributed by atoms with Crippen molar-refractivity contribution < 1.29 is 5.11 Å². The lowest BCUT2D eigenvalue weighted by atomic mass is 9.83. The van der Waals surface area contributed by atoms with Crippen LogP contribution in [0.2, 0.25) is 0 Å². The normalized spacial score (nSPS) is 28.7. The Bertz CT molecular complexity index is 563. The number of aromatic nitrogens is 1. The van der Waals surface area contributed by atoms with Crippen LogP contribution in [-0.2, 0) is 0 Å². The molecule has 1 aliphatic carbocycles. The van der Waals surface area contributed by atoms with Crippen LogP contribution in [0.1, 0.15) is 38.6 Å². The summed E-state index contributed by atoms with van der Waals surface area (Å²) in [6.07, 6.45) is 6.10. The van der Waals surface area contributed by atoms with E-state index in [0.29, 0.717) is 6.04 Å². The number of rotatable bonds is 1. The molecule has 3 rings (SSSR count). The first-order chi connectivity index (χ1) is 8.55. The van der Waals surface area contributed by atoms with E-state index in [2.05, 4.69) is 51.0 Å². The minimum Gasteiger partial charge on any atom is -0.390 e. The number of hydrogen-bond donors (Lipinski definition) is 1. The molecule has 1 saturated carbocycles. The summed E-state index contributed by atoms with van der Waals surface area (Å²) in [5, 5.41) is 11.3. The fourth-order valence-electron chi connectivity index (χ4n) is 2.96. The van der Waals surface area contributed by atoms with Gasteiger partial charge in [0.05, 0.1) is 5.60 Å². The second-order valence-electron chi connectivity index (χ2n) is 5.65. The molecule has 3 heteroatoms. The highest BCUT2D eigenvalue weighted by molar-refractivity contribution is 9.10. The molecule has 18 heavy (non-hydrogen) atoms. The molecular formula is C15H18BrNO. The summed E-state index contributed by atoms with van der Waals surface area (Å²) in [6.45, 7) is 1.95. The minimum absolute atomic E-state index is 0.456. The minimum atomic E-state index is -0.456. The summed E-state index contributed by atoms with van der Waals surface area (Å²) in [7, 11) is 0. The second kappa shape index (κ2) is 4.39. The van der Waals surface area contributed by atoms with E-state index in [1.165, 1.54) is 10.9 Å². The predicted octanol–water partition coefficient (Wildman–Crippen LogP) is 4.27. The van der Waals surface area contributed by atoms with E-state index >= 15 is 0 Å². The average Bonchev–Trinajstić information content (AvgIpc) is 2.72. The highest BCUT2D eigenvalue weighted by atomic mass is 79.9. The zero-order valence-electron chi connectivity index (χ0n) is 10.6. The van der Waals surface area contributed by atoms with Gasteiger partial charge in [-0.25, -0.2) is 0 Å². The summed E-state index contributed by atoms with van der Waals surface area (Å²) < 4.78 is 3.50. The fraction of sp³-hybridized carbons (Fsp3) is 0.467. The number of hydrogen-bond acceptors (Lipinski definition) is 1. The first kappa shape index (κ1) is 12.2. The quantitative estimate of drug-likeness (QED) is 0.836. The molecule has 0 aliphatic heterocycles. The maximum Gasteiger partial charge on any atom is 0.0621 e. The van der Waals surface area contributed by atoms with E-state index in [1.54, 1.807) is 0 Å². The van der Waals surface area contributed by atoms with Gasteiger partial charge >= 0.3 is 0 Å². The molecule has 1 aliphatic rings. The molecule has 0 bridgehead atoms. The van der Waals surface area contributed by atoms with Crippen molar-refractivity contribution in [2.24, 2.45) is 0 Å². The molecule has 1 aromatic carbocycles. The van der Waals surface area contributed by atoms with Crippen molar-refractivity contribution in [2.45, 2.75) is 44.2 Å². The van der Waals surface area contributed by atoms with Gasteiger partial charge in [-0.2, -0.15) is 0 Å². The van der Waals surface area contributed by atoms with Crippen LogP contribution in [0.4, 0.5) is 0 Å². The smallest absolute Gasteiger partial charge is 0.0621 e. The molecule has 0 radical (unpaired) electrons. The standard InChI is InChI=1S/C15H18BrNO/c1-15(18)7-4-13(5-8-15)17-9-6-11-10-12(16)2-3-14(11)17/h2-3,6,9-10,13,18H,4-5,7-8H2,1H3/t13-,15+. The van der Waals surface area contributed by atoms with Crippen LogP contribution < -0.4 is 0 Å². The molecule has 2 aromatic rings. The average molecular weight is 308 g/mol. The molecular weight excluding hydrogens is 290 g/mol. The van der Waals surface area contributed by atoms with Gasteiger partial charge in [-0.1, -0.05) is 15.9 Å². The Morgan fingerprint density at radius 1 is 1.28 bits per heavy atom. The number of aliphatic hydroxyl groups is 1. The molecule has 96 valence electrons. The SMILES string of the molecule is C[C@]1(O)CC[C@@H](n2ccc3cc(Br)ccc32)CC1. The Balaban J connectivity index is 1.91. The number of nitrogens with zero attached hydrogens (tertiary/aromatic N) is 1. The predicted molar refractivity (Wildman–Crippen MR) is 77.8 cm³/mol. The van der Waals surface area contributed by atoms with E-state index < -0.39 is 5.60 Å². The Kier molecular flexibility index (Phi) is 2.99. The van der Waals surface area contributed by atoms with Gasteiger partial charge < -0.3 is 9.67 Å². The van der Waals surface area contributed by atoms with Crippen molar-refractivity contribution in [3.63, 3.8) is 0 Å². The van der Waals surface area contributed by atoms with Gasteiger partial charge in [0.2, 0.25) is 0 Å². The summed E-state index contributed by atoms with van der Waals surface area (Å²) in [5.41, 5.74) is 0.840. The largest absolute Gasteiger partial charge is 0.390 e. The van der Waals surface area contributed by atoms with E-state index in [9.17, 15) is 5.11 Å². The fourth-order valence-corrected chi connectivity index (χ4v) is 3.33. The second-order valence-corrected chi connectivity index (χ2v) is 6.57. The van der Waals surface area contributed by atoms with Gasteiger partial charge in [0, 0.05) is 27.6 Å². The Morgan fingerprint density at radius 3 is 2.72 bits per heavy atom. The van der Waals surface area contributed by atoms with Crippen LogP contribution in [0.3, 0.4) is 0 Å². The van der Waals surface area contributed by atoms with Crippen LogP contribution in [-0.4, -0.2) is 15.3 Å². The zero-order valence-corrected chi connectivity index (χ0v) is 12.2. The van der Waals surface area contributed by atoms with Crippen LogP contribution in [0.25, 0.3) is 10.9 Å². The highest BCUT2D eigenvalue weighted by Gasteiger charge is 2.29. The Morgan fingerprint density at radius 2 is 2.00 bits per heavy atom. The molecule has 0 spiro atoms. The van der Waals surface area contributed by atoms with Crippen LogP contribution in [0.15, 0.2) is 34.9 Å². The van der Waals surface area contributed by atoms with E-state index in [-0.39, 0.29) is 0 Å². The lowest BCUT2D eigenvalue weighted by molar-refractivity contribution is 0.0104. The number of fused-ring (bicyclic) bond motifs is 1. The third kappa shape index (κ3) is 2.21. The van der Waals surface area contributed by atoms with Gasteiger partial charge in [0.1, 0.15) is 0 Å². The lowest BCUT2D eigenvalue weighted by Crippen LogP contribution is -2.31. The number of halogens is 1. The van der Waals surface area contributed by atoms with E-state index in [0.717, 1.165) is 30.2 Å². The van der Waals surface area contributed by atoms with Crippen molar-refractivity contribution in [1.29, 1.82) is 0 Å². The molecule has 0 amide bonds. The van der Waals surface area contributed by atoms with Gasteiger partial charge in [0.25, 0.3) is 0 Å². The van der Waals surface area contributed by atoms with Crippen molar-refractivity contribution in [2.75, 3.05) is 0 Å². The molecule has 1 aromatic heterocycles. The molecule has 0 atom stereocenters. The summed E-state index contributed by atoms with van der Waals surface area (Å²) >= 11 is 3.51. The van der Waals surface area contributed by atoms with Gasteiger partial charge in [-0.15, -0.1) is 0 Å². The van der Waals surface area contributed by atoms with Crippen molar-refractivity contribution in [3.05, 3.63) is 34.9 Å². The lowest BCUT2D eigenvalue weighted by Gasteiger charge is -2.34. The molecule has 2 nitrogen and oxygen atoms in total. The monoisotopic (exact) mass is 307 g/mol. The summed E-state index contributed by atoms with van der Waals surface area (Å²) in [6, 6.07) is 9.13. The topological polar surface area (TPSA) is 25.2 Å². The summed E-state index contributed by atoms with van der Waals surface area (Å²) in [5.74, 6) is 0.